The van der Waals surface area contributed by atoms with Gasteiger partial charge in [-0.25, -0.2) is 8.78 Å². The van der Waals surface area contributed by atoms with Gasteiger partial charge in [0, 0.05) is 6.42 Å². The van der Waals surface area contributed by atoms with E-state index in [-0.39, 0.29) is 6.92 Å². The van der Waals surface area contributed by atoms with Crippen LogP contribution in [-0.4, -0.2) is 69.9 Å². The molecular weight excluding hydrogens is 540 g/mol. The van der Waals surface area contributed by atoms with Gasteiger partial charge in [-0.2, -0.15) is 61.5 Å². The van der Waals surface area contributed by atoms with E-state index in [1.54, 1.807) is 4.74 Å². The molecule has 0 amide bonds. The Morgan fingerprint density at radius 1 is 0.706 bits per heavy atom. The molecule has 2 N–H and O–H groups in total. The fraction of sp³-hybridized carbons (Fsp3) is 0.923. The molecule has 0 aromatic carbocycles. The molecule has 0 aliphatic heterocycles. The molecule has 0 aliphatic rings. The van der Waals surface area contributed by atoms with E-state index in [0.717, 1.165) is 0 Å². The fourth-order valence-corrected chi connectivity index (χ4v) is 1.83. The Bertz CT molecular complexity index is 758. The van der Waals surface area contributed by atoms with E-state index < -0.39 is 73.0 Å². The third-order valence-corrected chi connectivity index (χ3v) is 3.82. The number of carbonyl (C=O) groups is 1. The van der Waals surface area contributed by atoms with Crippen LogP contribution in [0.5, 0.6) is 0 Å². The molecule has 204 valence electrons. The molecule has 0 heterocycles. The van der Waals surface area contributed by atoms with Crippen molar-refractivity contribution in [3.63, 3.8) is 0 Å². The molecular formula is C13H10F16O5. The minimum Gasteiger partial charge on any atom is -0.361 e. The van der Waals surface area contributed by atoms with Gasteiger partial charge < -0.3 is 10.2 Å². The van der Waals surface area contributed by atoms with Crippen molar-refractivity contribution in [1.29, 1.82) is 0 Å². The molecule has 3 unspecified atom stereocenters. The maximum atomic E-state index is 14.6. The summed E-state index contributed by atoms with van der Waals surface area (Å²) in [7, 11) is 0. The van der Waals surface area contributed by atoms with Crippen molar-refractivity contribution in [2.24, 2.45) is 0 Å². The molecule has 0 rings (SSSR count). The van der Waals surface area contributed by atoms with Crippen LogP contribution in [0.25, 0.3) is 0 Å². The van der Waals surface area contributed by atoms with Gasteiger partial charge in [0.05, 0.1) is 0 Å². The second-order valence-corrected chi connectivity index (χ2v) is 6.43. The highest BCUT2D eigenvalue weighted by molar-refractivity contribution is 5.77. The summed E-state index contributed by atoms with van der Waals surface area (Å²) in [6.45, 7) is -0.837. The Morgan fingerprint density at radius 2 is 1.09 bits per heavy atom. The van der Waals surface area contributed by atoms with Crippen molar-refractivity contribution in [3.05, 3.63) is 0 Å². The van der Waals surface area contributed by atoms with Gasteiger partial charge in [0.1, 0.15) is 0 Å². The zero-order chi connectivity index (χ0) is 28.2. The summed E-state index contributed by atoms with van der Waals surface area (Å²) in [5.74, 6) is -41.0. The highest BCUT2D eigenvalue weighted by Gasteiger charge is 2.87. The van der Waals surface area contributed by atoms with Crippen LogP contribution in [0.15, 0.2) is 0 Å². The summed E-state index contributed by atoms with van der Waals surface area (Å²) < 4.78 is 217. The molecule has 0 saturated heterocycles. The molecule has 0 spiro atoms. The van der Waals surface area contributed by atoms with Crippen LogP contribution in [0.3, 0.4) is 0 Å². The first-order valence-electron chi connectivity index (χ1n) is 7.80. The molecule has 34 heavy (non-hydrogen) atoms. The van der Waals surface area contributed by atoms with Gasteiger partial charge in [-0.3, -0.25) is 14.3 Å². The van der Waals surface area contributed by atoms with Gasteiger partial charge in [-0.05, 0) is 6.92 Å². The molecule has 21 heteroatoms. The fourth-order valence-electron chi connectivity index (χ4n) is 1.83. The van der Waals surface area contributed by atoms with Crippen LogP contribution in [0.4, 0.5) is 70.2 Å². The quantitative estimate of drug-likeness (QED) is 0.236. The van der Waals surface area contributed by atoms with E-state index in [2.05, 4.69) is 0 Å². The molecule has 0 aromatic heterocycles. The Morgan fingerprint density at radius 3 is 1.32 bits per heavy atom. The van der Waals surface area contributed by atoms with E-state index >= 15 is 0 Å². The van der Waals surface area contributed by atoms with Gasteiger partial charge in [0.2, 0.25) is 5.79 Å². The predicted octanol–water partition coefficient (Wildman–Crippen LogP) is 4.61. The van der Waals surface area contributed by atoms with Crippen molar-refractivity contribution in [1.82, 2.24) is 0 Å². The Balaban J connectivity index is 7.25. The lowest BCUT2D eigenvalue weighted by molar-refractivity contribution is -0.546. The zero-order valence-electron chi connectivity index (χ0n) is 15.9. The van der Waals surface area contributed by atoms with E-state index in [1.165, 1.54) is 0 Å². The molecule has 0 saturated carbocycles. The van der Waals surface area contributed by atoms with Crippen molar-refractivity contribution >= 4 is 6.04 Å². The Labute approximate surface area is 176 Å². The maximum absolute atomic E-state index is 14.6. The summed E-state index contributed by atoms with van der Waals surface area (Å²) in [4.78, 5) is 10.1. The van der Waals surface area contributed by atoms with Crippen LogP contribution in [0.2, 0.25) is 0 Å². The van der Waals surface area contributed by atoms with Crippen LogP contribution in [-0.2, 0) is 14.3 Å². The van der Waals surface area contributed by atoms with E-state index in [1.807, 2.05) is 4.74 Å². The first kappa shape index (κ1) is 32.4. The van der Waals surface area contributed by atoms with Crippen LogP contribution < -0.4 is 0 Å². The van der Waals surface area contributed by atoms with Crippen LogP contribution in [0.1, 0.15) is 20.3 Å². The second-order valence-electron chi connectivity index (χ2n) is 6.43. The molecule has 5 nitrogen and oxygen atoms in total. The second kappa shape index (κ2) is 8.50. The first-order valence-corrected chi connectivity index (χ1v) is 7.80. The van der Waals surface area contributed by atoms with Crippen molar-refractivity contribution in [3.8, 4) is 0 Å². The lowest BCUT2D eigenvalue weighted by Crippen LogP contribution is -2.73. The number of ether oxygens (including phenoxy) is 2. The number of aliphatic hydroxyl groups is 2. The molecule has 0 fully saturated rings. The lowest BCUT2D eigenvalue weighted by Gasteiger charge is -2.46. The van der Waals surface area contributed by atoms with Crippen LogP contribution in [0, 0.1) is 0 Å². The number of hydrogen-bond acceptors (Lipinski definition) is 5. The Kier molecular flexibility index (Phi) is 8.10. The average molecular weight is 550 g/mol. The van der Waals surface area contributed by atoms with Gasteiger partial charge in [0.15, 0.2) is 0 Å². The van der Waals surface area contributed by atoms with Crippen molar-refractivity contribution < 1.29 is 94.7 Å². The smallest absolute Gasteiger partial charge is 0.361 e. The standard InChI is InChI=1S/C13H10F16O5/c1-3-6(15,16)9(20,8(18,19)5(2,31)32)34-10(21,12(25,26)27)13(28,29)33-7(17,4(14)30)11(22,23)24/h31-32H,3H2,1-2H3. The number of rotatable bonds is 10. The highest BCUT2D eigenvalue weighted by Crippen LogP contribution is 2.58. The SMILES string of the molecule is CCC(F)(F)C(F)(OC(F)(C(F)(F)F)C(F)(F)OC(F)(C(=O)F)C(F)(F)F)C(F)(F)C(C)(O)O. The largest absolute Gasteiger partial charge is 0.459 e. The number of halogens is 16. The van der Waals surface area contributed by atoms with E-state index in [4.69, 9.17) is 10.2 Å². The monoisotopic (exact) mass is 550 g/mol. The van der Waals surface area contributed by atoms with E-state index in [0.29, 0.717) is 0 Å². The summed E-state index contributed by atoms with van der Waals surface area (Å²) in [6, 6.07) is -4.74. The minimum atomic E-state index is -8.01. The summed E-state index contributed by atoms with van der Waals surface area (Å²) >= 11 is 0. The van der Waals surface area contributed by atoms with Crippen LogP contribution >= 0.6 is 0 Å². The molecule has 0 aliphatic carbocycles. The number of hydrogen-bond donors (Lipinski definition) is 2. The highest BCUT2D eigenvalue weighted by atomic mass is 19.4. The Hall–Kier alpha value is -1.61. The summed E-state index contributed by atoms with van der Waals surface area (Å²) in [5, 5.41) is 17.5. The average Bonchev–Trinajstić information content (AvgIpc) is 2.57. The summed E-state index contributed by atoms with van der Waals surface area (Å²) in [5.41, 5.74) is 0. The van der Waals surface area contributed by atoms with Gasteiger partial charge in [-0.1, -0.05) is 6.92 Å². The topological polar surface area (TPSA) is 76.0 Å². The van der Waals surface area contributed by atoms with E-state index in [9.17, 15) is 75.0 Å². The minimum absolute atomic E-state index is 0.0833. The van der Waals surface area contributed by atoms with Gasteiger partial charge in [0.25, 0.3) is 0 Å². The maximum Gasteiger partial charge on any atom is 0.459 e. The van der Waals surface area contributed by atoms with Gasteiger partial charge in [-0.15, -0.1) is 0 Å². The van der Waals surface area contributed by atoms with Crippen molar-refractivity contribution in [2.45, 2.75) is 73.9 Å². The predicted molar refractivity (Wildman–Crippen MR) is 69.9 cm³/mol. The van der Waals surface area contributed by atoms with Gasteiger partial charge >= 0.3 is 53.9 Å². The third kappa shape index (κ3) is 4.87. The zero-order valence-corrected chi connectivity index (χ0v) is 15.9. The molecule has 0 bridgehead atoms. The first-order chi connectivity index (χ1) is 14.4. The lowest BCUT2D eigenvalue weighted by atomic mass is 9.94. The summed E-state index contributed by atoms with van der Waals surface area (Å²) in [6.07, 6.45) is -25.8. The number of carbonyl (C=O) groups excluding carboxylic acids is 1. The molecule has 3 atom stereocenters. The third-order valence-electron chi connectivity index (χ3n) is 3.82. The normalized spacial score (nSPS) is 20.4. The number of alkyl halides is 15. The van der Waals surface area contributed by atoms with Crippen molar-refractivity contribution in [2.75, 3.05) is 0 Å². The molecule has 0 radical (unpaired) electrons. The molecule has 0 aromatic rings.